The molecule has 1 heterocycles. The van der Waals surface area contributed by atoms with Crippen LogP contribution < -0.4 is 0 Å². The minimum atomic E-state index is -0.356. The molecule has 0 aromatic carbocycles. The van der Waals surface area contributed by atoms with E-state index in [9.17, 15) is 9.59 Å². The molecule has 1 rings (SSSR count). The summed E-state index contributed by atoms with van der Waals surface area (Å²) in [5.41, 5.74) is 0.833. The molecule has 76 valence electrons. The minimum Gasteiger partial charge on any atom is -0.472 e. The van der Waals surface area contributed by atoms with E-state index < -0.39 is 0 Å². The van der Waals surface area contributed by atoms with Gasteiger partial charge < -0.3 is 9.15 Å². The van der Waals surface area contributed by atoms with E-state index in [0.29, 0.717) is 6.42 Å². The van der Waals surface area contributed by atoms with Gasteiger partial charge in [0.1, 0.15) is 5.78 Å². The summed E-state index contributed by atoms with van der Waals surface area (Å²) in [5, 5.41) is 0. The van der Waals surface area contributed by atoms with Crippen LogP contribution in [0.4, 0.5) is 0 Å². The highest BCUT2D eigenvalue weighted by molar-refractivity contribution is 5.84. The number of rotatable bonds is 5. The van der Waals surface area contributed by atoms with Gasteiger partial charge in [-0.15, -0.1) is 0 Å². The van der Waals surface area contributed by atoms with Gasteiger partial charge >= 0.3 is 5.97 Å². The summed E-state index contributed by atoms with van der Waals surface area (Å²) >= 11 is 0. The Morgan fingerprint density at radius 3 is 2.79 bits per heavy atom. The fourth-order valence-corrected chi connectivity index (χ4v) is 1.05. The Morgan fingerprint density at radius 2 is 2.21 bits per heavy atom. The second-order valence-corrected chi connectivity index (χ2v) is 2.92. The average molecular weight is 196 g/mol. The number of Topliss-reactive ketones (excluding diaryl/α,β-unsaturated/α-hetero) is 1. The van der Waals surface area contributed by atoms with Crippen molar-refractivity contribution in [3.8, 4) is 0 Å². The lowest BCUT2D eigenvalue weighted by Gasteiger charge is -1.97. The second kappa shape index (κ2) is 5.21. The Labute approximate surface area is 81.9 Å². The van der Waals surface area contributed by atoms with Crippen molar-refractivity contribution in [2.24, 2.45) is 0 Å². The maximum absolute atomic E-state index is 11.3. The predicted octanol–water partition coefficient (Wildman–Crippen LogP) is 1.34. The highest BCUT2D eigenvalue weighted by atomic mass is 16.5. The molecule has 0 aliphatic carbocycles. The van der Waals surface area contributed by atoms with Gasteiger partial charge in [0.15, 0.2) is 0 Å². The summed E-state index contributed by atoms with van der Waals surface area (Å²) in [6.07, 6.45) is 3.72. The molecule has 0 amide bonds. The van der Waals surface area contributed by atoms with Crippen molar-refractivity contribution in [3.05, 3.63) is 24.2 Å². The minimum absolute atomic E-state index is 0.0109. The molecule has 1 aromatic rings. The lowest BCUT2D eigenvalue weighted by atomic mass is 10.1. The summed E-state index contributed by atoms with van der Waals surface area (Å²) in [6.45, 7) is 0. The molecule has 4 heteroatoms. The Hall–Kier alpha value is -1.58. The van der Waals surface area contributed by atoms with Gasteiger partial charge in [-0.05, 0) is 11.6 Å². The standard InChI is InChI=1S/C10H12O4/c1-13-10(12)3-2-9(11)6-8-4-5-14-7-8/h4-5,7H,2-3,6H2,1H3. The molecule has 0 atom stereocenters. The van der Waals surface area contributed by atoms with Crippen LogP contribution in [0, 0.1) is 0 Å². The molecule has 0 fully saturated rings. The van der Waals surface area contributed by atoms with Gasteiger partial charge in [-0.3, -0.25) is 9.59 Å². The number of ketones is 1. The number of carbonyl (C=O) groups excluding carboxylic acids is 2. The summed E-state index contributed by atoms with van der Waals surface area (Å²) in [7, 11) is 1.31. The zero-order valence-corrected chi connectivity index (χ0v) is 7.99. The van der Waals surface area contributed by atoms with Crippen LogP contribution in [0.15, 0.2) is 23.0 Å². The quantitative estimate of drug-likeness (QED) is 0.667. The van der Waals surface area contributed by atoms with E-state index in [-0.39, 0.29) is 24.6 Å². The number of ether oxygens (including phenoxy) is 1. The van der Waals surface area contributed by atoms with Gasteiger partial charge in [0, 0.05) is 12.8 Å². The van der Waals surface area contributed by atoms with Crippen LogP contribution in [0.25, 0.3) is 0 Å². The maximum Gasteiger partial charge on any atom is 0.305 e. The van der Waals surface area contributed by atoms with Crippen LogP contribution in [0.1, 0.15) is 18.4 Å². The number of hydrogen-bond acceptors (Lipinski definition) is 4. The third kappa shape index (κ3) is 3.43. The van der Waals surface area contributed by atoms with Gasteiger partial charge in [0.2, 0.25) is 0 Å². The van der Waals surface area contributed by atoms with E-state index in [1.165, 1.54) is 19.6 Å². The molecule has 0 unspecified atom stereocenters. The predicted molar refractivity (Wildman–Crippen MR) is 48.7 cm³/mol. The van der Waals surface area contributed by atoms with Crippen molar-refractivity contribution < 1.29 is 18.7 Å². The molecule has 0 bridgehead atoms. The van der Waals surface area contributed by atoms with Crippen LogP contribution in [0.2, 0.25) is 0 Å². The zero-order valence-electron chi connectivity index (χ0n) is 7.99. The van der Waals surface area contributed by atoms with E-state index in [1.54, 1.807) is 6.07 Å². The van der Waals surface area contributed by atoms with Crippen LogP contribution >= 0.6 is 0 Å². The van der Waals surface area contributed by atoms with E-state index in [4.69, 9.17) is 4.42 Å². The van der Waals surface area contributed by atoms with Crippen molar-refractivity contribution in [2.75, 3.05) is 7.11 Å². The topological polar surface area (TPSA) is 56.5 Å². The largest absolute Gasteiger partial charge is 0.472 e. The van der Waals surface area contributed by atoms with E-state index in [2.05, 4.69) is 4.74 Å². The Morgan fingerprint density at radius 1 is 1.43 bits per heavy atom. The number of carbonyl (C=O) groups is 2. The van der Waals surface area contributed by atoms with Gasteiger partial charge in [-0.1, -0.05) is 0 Å². The Bertz CT molecular complexity index is 300. The molecular weight excluding hydrogens is 184 g/mol. The molecule has 14 heavy (non-hydrogen) atoms. The van der Waals surface area contributed by atoms with Crippen molar-refractivity contribution in [2.45, 2.75) is 19.3 Å². The van der Waals surface area contributed by atoms with Gasteiger partial charge in [-0.2, -0.15) is 0 Å². The maximum atomic E-state index is 11.3. The van der Waals surface area contributed by atoms with Crippen molar-refractivity contribution in [1.82, 2.24) is 0 Å². The van der Waals surface area contributed by atoms with Crippen LogP contribution in [0.5, 0.6) is 0 Å². The average Bonchev–Trinajstić information content (AvgIpc) is 2.66. The lowest BCUT2D eigenvalue weighted by molar-refractivity contribution is -0.141. The van der Waals surface area contributed by atoms with Crippen molar-refractivity contribution in [3.63, 3.8) is 0 Å². The number of furan rings is 1. The summed E-state index contributed by atoms with van der Waals surface area (Å²) < 4.78 is 9.24. The zero-order chi connectivity index (χ0) is 10.4. The van der Waals surface area contributed by atoms with Crippen LogP contribution in [0.3, 0.4) is 0 Å². The Kier molecular flexibility index (Phi) is 3.91. The third-order valence-electron chi connectivity index (χ3n) is 1.82. The monoisotopic (exact) mass is 196 g/mol. The summed E-state index contributed by atoms with van der Waals surface area (Å²) in [5.74, 6) is -0.345. The lowest BCUT2D eigenvalue weighted by Crippen LogP contribution is -2.07. The van der Waals surface area contributed by atoms with Gasteiger partial charge in [-0.25, -0.2) is 0 Å². The number of methoxy groups -OCH3 is 1. The smallest absolute Gasteiger partial charge is 0.305 e. The fraction of sp³-hybridized carbons (Fsp3) is 0.400. The highest BCUT2D eigenvalue weighted by Crippen LogP contribution is 2.04. The molecule has 0 saturated carbocycles. The molecule has 0 radical (unpaired) electrons. The molecule has 4 nitrogen and oxygen atoms in total. The first-order valence-electron chi connectivity index (χ1n) is 4.32. The molecule has 0 aliphatic heterocycles. The number of esters is 1. The molecule has 0 saturated heterocycles. The number of hydrogen-bond donors (Lipinski definition) is 0. The van der Waals surface area contributed by atoms with Crippen LogP contribution in [-0.2, 0) is 20.7 Å². The van der Waals surface area contributed by atoms with Crippen molar-refractivity contribution >= 4 is 11.8 Å². The summed E-state index contributed by atoms with van der Waals surface area (Å²) in [4.78, 5) is 22.0. The highest BCUT2D eigenvalue weighted by Gasteiger charge is 2.08. The first-order chi connectivity index (χ1) is 6.72. The van der Waals surface area contributed by atoms with E-state index in [0.717, 1.165) is 5.56 Å². The first kappa shape index (κ1) is 10.5. The normalized spacial score (nSPS) is 9.79. The third-order valence-corrected chi connectivity index (χ3v) is 1.82. The molecule has 0 spiro atoms. The molecule has 0 aliphatic rings. The Balaban J connectivity index is 2.26. The van der Waals surface area contributed by atoms with Gasteiger partial charge in [0.25, 0.3) is 0 Å². The summed E-state index contributed by atoms with van der Waals surface area (Å²) in [6, 6.07) is 1.73. The van der Waals surface area contributed by atoms with Crippen molar-refractivity contribution in [1.29, 1.82) is 0 Å². The SMILES string of the molecule is COC(=O)CCC(=O)Cc1ccoc1. The first-order valence-corrected chi connectivity index (χ1v) is 4.32. The second-order valence-electron chi connectivity index (χ2n) is 2.92. The van der Waals surface area contributed by atoms with Gasteiger partial charge in [0.05, 0.1) is 26.1 Å². The fourth-order valence-electron chi connectivity index (χ4n) is 1.05. The van der Waals surface area contributed by atoms with Crippen LogP contribution in [-0.4, -0.2) is 18.9 Å². The van der Waals surface area contributed by atoms with E-state index in [1.807, 2.05) is 0 Å². The van der Waals surface area contributed by atoms with E-state index >= 15 is 0 Å². The molecule has 0 N–H and O–H groups in total. The molecular formula is C10H12O4. The molecule has 1 aromatic heterocycles.